The van der Waals surface area contributed by atoms with E-state index in [9.17, 15) is 4.79 Å². The van der Waals surface area contributed by atoms with Crippen LogP contribution in [0, 0.1) is 5.92 Å². The summed E-state index contributed by atoms with van der Waals surface area (Å²) >= 11 is 0. The van der Waals surface area contributed by atoms with Gasteiger partial charge in [0, 0.05) is 12.3 Å². The fraction of sp³-hybridized carbons (Fsp3) is 0.750. The van der Waals surface area contributed by atoms with E-state index in [1.165, 1.54) is 11.1 Å². The molecule has 2 rings (SSSR count). The van der Waals surface area contributed by atoms with Gasteiger partial charge in [0.2, 0.25) is 0 Å². The summed E-state index contributed by atoms with van der Waals surface area (Å²) in [7, 11) is 0. The summed E-state index contributed by atoms with van der Waals surface area (Å²) < 4.78 is 5.55. The van der Waals surface area contributed by atoms with Crippen molar-refractivity contribution in [1.82, 2.24) is 0 Å². The molecule has 0 aromatic carbocycles. The second-order valence-electron chi connectivity index (χ2n) is 4.88. The maximum Gasteiger partial charge on any atom is 0.306 e. The topological polar surface area (TPSA) is 26.3 Å². The highest BCUT2D eigenvalue weighted by molar-refractivity contribution is 5.73. The van der Waals surface area contributed by atoms with Crippen LogP contribution in [-0.4, -0.2) is 11.6 Å². The van der Waals surface area contributed by atoms with Gasteiger partial charge in [-0.1, -0.05) is 18.1 Å². The smallest absolute Gasteiger partial charge is 0.306 e. The van der Waals surface area contributed by atoms with Crippen molar-refractivity contribution in [2.24, 2.45) is 5.92 Å². The van der Waals surface area contributed by atoms with E-state index in [0.717, 1.165) is 19.3 Å². The minimum Gasteiger partial charge on any atom is -0.458 e. The third-order valence-corrected chi connectivity index (χ3v) is 3.90. The molecule has 0 amide bonds. The quantitative estimate of drug-likeness (QED) is 0.438. The van der Waals surface area contributed by atoms with Crippen LogP contribution >= 0.6 is 0 Å². The molecule has 1 spiro atoms. The lowest BCUT2D eigenvalue weighted by Crippen LogP contribution is -2.37. The van der Waals surface area contributed by atoms with Crippen molar-refractivity contribution in [3.05, 3.63) is 11.1 Å². The number of ether oxygens (including phenoxy) is 1. The number of rotatable bonds is 0. The van der Waals surface area contributed by atoms with Gasteiger partial charge in [0.15, 0.2) is 0 Å². The van der Waals surface area contributed by atoms with E-state index >= 15 is 0 Å². The van der Waals surface area contributed by atoms with Crippen molar-refractivity contribution in [2.75, 3.05) is 0 Å². The first-order chi connectivity index (χ1) is 6.53. The van der Waals surface area contributed by atoms with Gasteiger partial charge in [-0.25, -0.2) is 0 Å². The van der Waals surface area contributed by atoms with Crippen molar-refractivity contribution >= 4 is 5.97 Å². The molecule has 2 heteroatoms. The molecule has 2 atom stereocenters. The summed E-state index contributed by atoms with van der Waals surface area (Å²) in [4.78, 5) is 11.3. The summed E-state index contributed by atoms with van der Waals surface area (Å²) in [6.07, 6.45) is 3.66. The molecule has 0 radical (unpaired) electrons. The molecule has 0 aromatic heterocycles. The van der Waals surface area contributed by atoms with Crippen LogP contribution in [0.1, 0.15) is 46.5 Å². The molecule has 0 bridgehead atoms. The predicted octanol–water partition coefficient (Wildman–Crippen LogP) is 2.83. The second kappa shape index (κ2) is 3.11. The molecule has 1 saturated heterocycles. The number of hydrogen-bond donors (Lipinski definition) is 0. The first-order valence-corrected chi connectivity index (χ1v) is 5.40. The van der Waals surface area contributed by atoms with Crippen molar-refractivity contribution in [3.63, 3.8) is 0 Å². The van der Waals surface area contributed by atoms with Crippen molar-refractivity contribution < 1.29 is 9.53 Å². The first-order valence-electron chi connectivity index (χ1n) is 5.40. The van der Waals surface area contributed by atoms with Crippen LogP contribution in [-0.2, 0) is 9.53 Å². The Bertz CT molecular complexity index is 303. The van der Waals surface area contributed by atoms with Gasteiger partial charge in [-0.3, -0.25) is 4.79 Å². The normalized spacial score (nSPS) is 37.9. The number of carbonyl (C=O) groups is 1. The third-order valence-electron chi connectivity index (χ3n) is 3.90. The highest BCUT2D eigenvalue weighted by atomic mass is 16.6. The zero-order valence-corrected chi connectivity index (χ0v) is 9.22. The van der Waals surface area contributed by atoms with Crippen LogP contribution < -0.4 is 0 Å². The molecule has 1 aliphatic carbocycles. The van der Waals surface area contributed by atoms with Crippen molar-refractivity contribution in [2.45, 2.75) is 52.1 Å². The number of allylic oxidation sites excluding steroid dienone is 1. The number of esters is 1. The molecular weight excluding hydrogens is 176 g/mol. The molecular formula is C12H18O2. The summed E-state index contributed by atoms with van der Waals surface area (Å²) in [6.45, 7) is 6.48. The fourth-order valence-corrected chi connectivity index (χ4v) is 2.61. The lowest BCUT2D eigenvalue weighted by atomic mass is 9.75. The average Bonchev–Trinajstić information content (AvgIpc) is 2.36. The van der Waals surface area contributed by atoms with E-state index in [2.05, 4.69) is 20.8 Å². The van der Waals surface area contributed by atoms with Gasteiger partial charge in [0.25, 0.3) is 0 Å². The van der Waals surface area contributed by atoms with Crippen LogP contribution in [0.5, 0.6) is 0 Å². The van der Waals surface area contributed by atoms with E-state index < -0.39 is 0 Å². The van der Waals surface area contributed by atoms with Crippen LogP contribution in [0.4, 0.5) is 0 Å². The Hall–Kier alpha value is -0.790. The SMILES string of the molecule is CC1=C(C)CC2(CC1)OC(=O)CC2C. The highest BCUT2D eigenvalue weighted by Gasteiger charge is 2.47. The summed E-state index contributed by atoms with van der Waals surface area (Å²) in [6, 6.07) is 0. The predicted molar refractivity (Wildman–Crippen MR) is 54.8 cm³/mol. The van der Waals surface area contributed by atoms with Gasteiger partial charge in [-0.2, -0.15) is 0 Å². The Balaban J connectivity index is 2.24. The zero-order chi connectivity index (χ0) is 10.3. The van der Waals surface area contributed by atoms with E-state index in [-0.39, 0.29) is 11.6 Å². The van der Waals surface area contributed by atoms with Gasteiger partial charge in [-0.15, -0.1) is 0 Å². The van der Waals surface area contributed by atoms with E-state index in [1.54, 1.807) is 0 Å². The standard InChI is InChI=1S/C12H18O2/c1-8-4-5-12(7-9(8)2)10(3)6-11(13)14-12/h10H,4-7H2,1-3H3. The van der Waals surface area contributed by atoms with Crippen LogP contribution in [0.15, 0.2) is 11.1 Å². The fourth-order valence-electron chi connectivity index (χ4n) is 2.61. The van der Waals surface area contributed by atoms with E-state index in [0.29, 0.717) is 12.3 Å². The maximum absolute atomic E-state index is 11.3. The molecule has 0 N–H and O–H groups in total. The maximum atomic E-state index is 11.3. The molecule has 2 nitrogen and oxygen atoms in total. The van der Waals surface area contributed by atoms with Crippen LogP contribution in [0.2, 0.25) is 0 Å². The lowest BCUT2D eigenvalue weighted by molar-refractivity contribution is -0.150. The van der Waals surface area contributed by atoms with Gasteiger partial charge in [-0.05, 0) is 26.7 Å². The molecule has 1 heterocycles. The molecule has 1 aliphatic heterocycles. The van der Waals surface area contributed by atoms with Crippen molar-refractivity contribution in [1.29, 1.82) is 0 Å². The molecule has 1 fully saturated rings. The minimum atomic E-state index is -0.152. The summed E-state index contributed by atoms with van der Waals surface area (Å²) in [5.41, 5.74) is 2.74. The minimum absolute atomic E-state index is 0.00940. The summed E-state index contributed by atoms with van der Waals surface area (Å²) in [5, 5.41) is 0. The van der Waals surface area contributed by atoms with E-state index in [4.69, 9.17) is 4.74 Å². The molecule has 0 aromatic rings. The lowest BCUT2D eigenvalue weighted by Gasteiger charge is -2.36. The Morgan fingerprint density at radius 3 is 2.57 bits per heavy atom. The Labute approximate surface area is 85.3 Å². The summed E-state index contributed by atoms with van der Waals surface area (Å²) in [5.74, 6) is 0.378. The van der Waals surface area contributed by atoms with Gasteiger partial charge in [0.1, 0.15) is 5.60 Å². The monoisotopic (exact) mass is 194 g/mol. The van der Waals surface area contributed by atoms with Crippen LogP contribution in [0.25, 0.3) is 0 Å². The van der Waals surface area contributed by atoms with Crippen LogP contribution in [0.3, 0.4) is 0 Å². The number of hydrogen-bond acceptors (Lipinski definition) is 2. The zero-order valence-electron chi connectivity index (χ0n) is 9.22. The molecule has 2 aliphatic rings. The van der Waals surface area contributed by atoms with Gasteiger partial charge < -0.3 is 4.74 Å². The highest BCUT2D eigenvalue weighted by Crippen LogP contribution is 2.45. The molecule has 14 heavy (non-hydrogen) atoms. The Morgan fingerprint density at radius 1 is 1.36 bits per heavy atom. The average molecular weight is 194 g/mol. The third kappa shape index (κ3) is 1.37. The van der Waals surface area contributed by atoms with E-state index in [1.807, 2.05) is 0 Å². The Kier molecular flexibility index (Phi) is 2.17. The molecule has 78 valence electrons. The van der Waals surface area contributed by atoms with Gasteiger partial charge in [0.05, 0.1) is 6.42 Å². The van der Waals surface area contributed by atoms with Gasteiger partial charge >= 0.3 is 5.97 Å². The Morgan fingerprint density at radius 2 is 2.07 bits per heavy atom. The number of carbonyl (C=O) groups excluding carboxylic acids is 1. The first kappa shape index (κ1) is 9.75. The molecule has 2 unspecified atom stereocenters. The second-order valence-corrected chi connectivity index (χ2v) is 4.88. The van der Waals surface area contributed by atoms with Crippen molar-refractivity contribution in [3.8, 4) is 0 Å². The largest absolute Gasteiger partial charge is 0.458 e. The molecule has 0 saturated carbocycles.